The number of carbonyl (C=O) groups excluding carboxylic acids is 1. The molecule has 0 bridgehead atoms. The Morgan fingerprint density at radius 2 is 2.22 bits per heavy atom. The van der Waals surface area contributed by atoms with Gasteiger partial charge in [0.25, 0.3) is 5.56 Å². The standard InChI is InChI=1S/C10H13N5O3/c1-6(2)18-8(16)5-15-10(17)7-4-11-14(3)9(7)12-13-15/h4,6H,5H2,1-3H3. The van der Waals surface area contributed by atoms with Crippen molar-refractivity contribution in [1.29, 1.82) is 0 Å². The average molecular weight is 251 g/mol. The van der Waals surface area contributed by atoms with Crippen molar-refractivity contribution in [2.24, 2.45) is 7.05 Å². The number of rotatable bonds is 3. The molecular formula is C10H13N5O3. The van der Waals surface area contributed by atoms with E-state index in [1.54, 1.807) is 20.9 Å². The molecule has 0 aliphatic carbocycles. The molecule has 2 rings (SSSR count). The number of esters is 1. The third kappa shape index (κ3) is 2.22. The average Bonchev–Trinajstić information content (AvgIpc) is 2.64. The van der Waals surface area contributed by atoms with Crippen molar-refractivity contribution in [3.05, 3.63) is 16.6 Å². The molecule has 96 valence electrons. The van der Waals surface area contributed by atoms with Gasteiger partial charge in [0, 0.05) is 7.05 Å². The highest BCUT2D eigenvalue weighted by Gasteiger charge is 2.13. The van der Waals surface area contributed by atoms with Gasteiger partial charge in [0.1, 0.15) is 11.9 Å². The quantitative estimate of drug-likeness (QED) is 0.681. The molecule has 0 N–H and O–H groups in total. The highest BCUT2D eigenvalue weighted by molar-refractivity contribution is 5.73. The first-order valence-corrected chi connectivity index (χ1v) is 5.44. The van der Waals surface area contributed by atoms with E-state index in [-0.39, 0.29) is 12.6 Å². The Kier molecular flexibility index (Phi) is 3.09. The molecule has 8 nitrogen and oxygen atoms in total. The van der Waals surface area contributed by atoms with E-state index in [2.05, 4.69) is 15.4 Å². The molecule has 2 aromatic rings. The highest BCUT2D eigenvalue weighted by atomic mass is 16.5. The van der Waals surface area contributed by atoms with Gasteiger partial charge in [-0.05, 0) is 13.8 Å². The van der Waals surface area contributed by atoms with E-state index in [1.165, 1.54) is 10.9 Å². The van der Waals surface area contributed by atoms with Crippen molar-refractivity contribution < 1.29 is 9.53 Å². The van der Waals surface area contributed by atoms with Gasteiger partial charge < -0.3 is 4.74 Å². The largest absolute Gasteiger partial charge is 0.462 e. The van der Waals surface area contributed by atoms with Gasteiger partial charge in [0.05, 0.1) is 12.3 Å². The maximum absolute atomic E-state index is 12.0. The van der Waals surface area contributed by atoms with E-state index in [4.69, 9.17) is 4.74 Å². The Hall–Kier alpha value is -2.25. The second-order valence-corrected chi connectivity index (χ2v) is 4.10. The Morgan fingerprint density at radius 3 is 2.89 bits per heavy atom. The fraction of sp³-hybridized carbons (Fsp3) is 0.500. The van der Waals surface area contributed by atoms with E-state index in [0.29, 0.717) is 11.0 Å². The number of aryl methyl sites for hydroxylation is 1. The fourth-order valence-corrected chi connectivity index (χ4v) is 1.50. The minimum absolute atomic E-state index is 0.233. The molecule has 0 aliphatic heterocycles. The van der Waals surface area contributed by atoms with Gasteiger partial charge in [-0.15, -0.1) is 5.10 Å². The van der Waals surface area contributed by atoms with Crippen LogP contribution in [0.2, 0.25) is 0 Å². The third-order valence-electron chi connectivity index (χ3n) is 2.27. The summed E-state index contributed by atoms with van der Waals surface area (Å²) in [5.74, 6) is -0.523. The van der Waals surface area contributed by atoms with Gasteiger partial charge in [-0.3, -0.25) is 9.59 Å². The van der Waals surface area contributed by atoms with Crippen molar-refractivity contribution >= 4 is 17.0 Å². The second-order valence-electron chi connectivity index (χ2n) is 4.10. The van der Waals surface area contributed by atoms with E-state index in [9.17, 15) is 9.59 Å². The molecule has 0 aromatic carbocycles. The van der Waals surface area contributed by atoms with Crippen LogP contribution in [0.4, 0.5) is 0 Å². The number of carbonyl (C=O) groups is 1. The molecule has 0 unspecified atom stereocenters. The Morgan fingerprint density at radius 1 is 1.50 bits per heavy atom. The van der Waals surface area contributed by atoms with Crippen LogP contribution < -0.4 is 5.56 Å². The van der Waals surface area contributed by atoms with Gasteiger partial charge in [0.2, 0.25) is 0 Å². The number of hydrogen-bond donors (Lipinski definition) is 0. The summed E-state index contributed by atoms with van der Waals surface area (Å²) in [6, 6.07) is 0. The smallest absolute Gasteiger partial charge is 0.328 e. The van der Waals surface area contributed by atoms with Crippen LogP contribution in [-0.2, 0) is 23.1 Å². The van der Waals surface area contributed by atoms with Gasteiger partial charge in [-0.25, -0.2) is 4.68 Å². The molecule has 0 aliphatic rings. The lowest BCUT2D eigenvalue weighted by Crippen LogP contribution is -2.29. The monoisotopic (exact) mass is 251 g/mol. The molecule has 0 fully saturated rings. The molecule has 0 radical (unpaired) electrons. The van der Waals surface area contributed by atoms with Gasteiger partial charge in [-0.2, -0.15) is 9.78 Å². The molecule has 2 heterocycles. The topological polar surface area (TPSA) is 91.9 Å². The summed E-state index contributed by atoms with van der Waals surface area (Å²) < 4.78 is 7.35. The predicted molar refractivity (Wildman–Crippen MR) is 61.8 cm³/mol. The van der Waals surface area contributed by atoms with E-state index in [1.807, 2.05) is 0 Å². The third-order valence-corrected chi connectivity index (χ3v) is 2.27. The zero-order valence-corrected chi connectivity index (χ0v) is 10.3. The molecule has 0 atom stereocenters. The SMILES string of the molecule is CC(C)OC(=O)Cn1nnc2c(cnn2C)c1=O. The van der Waals surface area contributed by atoms with Crippen molar-refractivity contribution in [3.8, 4) is 0 Å². The van der Waals surface area contributed by atoms with Crippen LogP contribution in [-0.4, -0.2) is 36.8 Å². The molecule has 18 heavy (non-hydrogen) atoms. The summed E-state index contributed by atoms with van der Waals surface area (Å²) in [4.78, 5) is 23.4. The van der Waals surface area contributed by atoms with E-state index < -0.39 is 11.5 Å². The maximum atomic E-state index is 12.0. The van der Waals surface area contributed by atoms with Gasteiger partial charge in [0.15, 0.2) is 5.65 Å². The Balaban J connectivity index is 2.32. The normalized spacial score (nSPS) is 11.1. The van der Waals surface area contributed by atoms with Crippen LogP contribution in [0.1, 0.15) is 13.8 Å². The first-order valence-electron chi connectivity index (χ1n) is 5.44. The predicted octanol–water partition coefficient (Wildman–Crippen LogP) is -0.523. The Labute approximate surface area is 102 Å². The molecule has 0 amide bonds. The summed E-state index contributed by atoms with van der Waals surface area (Å²) in [5.41, 5.74) is -0.0257. The summed E-state index contributed by atoms with van der Waals surface area (Å²) in [7, 11) is 1.66. The zero-order valence-electron chi connectivity index (χ0n) is 10.3. The molecular weight excluding hydrogens is 238 g/mol. The number of nitrogens with zero attached hydrogens (tertiary/aromatic N) is 5. The maximum Gasteiger partial charge on any atom is 0.328 e. The summed E-state index contributed by atoms with van der Waals surface area (Å²) >= 11 is 0. The molecule has 0 saturated heterocycles. The number of fused-ring (bicyclic) bond motifs is 1. The minimum atomic E-state index is -0.523. The van der Waals surface area contributed by atoms with Crippen molar-refractivity contribution in [3.63, 3.8) is 0 Å². The summed E-state index contributed by atoms with van der Waals surface area (Å²) in [6.07, 6.45) is 1.17. The van der Waals surface area contributed by atoms with Crippen LogP contribution in [0.15, 0.2) is 11.0 Å². The first-order chi connectivity index (χ1) is 8.49. The summed E-state index contributed by atoms with van der Waals surface area (Å²) in [5, 5.41) is 11.8. The van der Waals surface area contributed by atoms with Crippen LogP contribution in [0, 0.1) is 0 Å². The lowest BCUT2D eigenvalue weighted by atomic mass is 10.4. The van der Waals surface area contributed by atoms with Crippen molar-refractivity contribution in [2.45, 2.75) is 26.5 Å². The number of hydrogen-bond acceptors (Lipinski definition) is 6. The van der Waals surface area contributed by atoms with E-state index >= 15 is 0 Å². The van der Waals surface area contributed by atoms with Crippen LogP contribution >= 0.6 is 0 Å². The number of aromatic nitrogens is 5. The second kappa shape index (κ2) is 4.55. The first kappa shape index (κ1) is 12.2. The highest BCUT2D eigenvalue weighted by Crippen LogP contribution is 2.01. The van der Waals surface area contributed by atoms with Crippen LogP contribution in [0.3, 0.4) is 0 Å². The van der Waals surface area contributed by atoms with E-state index in [0.717, 1.165) is 4.68 Å². The fourth-order valence-electron chi connectivity index (χ4n) is 1.50. The summed E-state index contributed by atoms with van der Waals surface area (Å²) in [6.45, 7) is 3.21. The van der Waals surface area contributed by atoms with Gasteiger partial charge >= 0.3 is 5.97 Å². The Bertz CT molecular complexity index is 642. The molecule has 0 spiro atoms. The van der Waals surface area contributed by atoms with Crippen molar-refractivity contribution in [1.82, 2.24) is 24.8 Å². The van der Waals surface area contributed by atoms with Gasteiger partial charge in [-0.1, -0.05) is 5.21 Å². The lowest BCUT2D eigenvalue weighted by Gasteiger charge is -2.07. The lowest BCUT2D eigenvalue weighted by molar-refractivity contribution is -0.148. The van der Waals surface area contributed by atoms with Crippen LogP contribution in [0.25, 0.3) is 11.0 Å². The van der Waals surface area contributed by atoms with Crippen LogP contribution in [0.5, 0.6) is 0 Å². The number of ether oxygens (including phenoxy) is 1. The molecule has 2 aromatic heterocycles. The minimum Gasteiger partial charge on any atom is -0.462 e. The molecule has 0 saturated carbocycles. The van der Waals surface area contributed by atoms with Crippen molar-refractivity contribution in [2.75, 3.05) is 0 Å². The zero-order chi connectivity index (χ0) is 13.3. The molecule has 8 heteroatoms.